The van der Waals surface area contributed by atoms with Crippen LogP contribution in [0.25, 0.3) is 0 Å². The molecule has 2 aromatic rings. The molecule has 0 bridgehead atoms. The summed E-state index contributed by atoms with van der Waals surface area (Å²) in [7, 11) is 0. The van der Waals surface area contributed by atoms with Crippen LogP contribution < -0.4 is 5.32 Å². The predicted octanol–water partition coefficient (Wildman–Crippen LogP) is 2.49. The molecule has 0 radical (unpaired) electrons. The summed E-state index contributed by atoms with van der Waals surface area (Å²) in [6, 6.07) is -0.274. The van der Waals surface area contributed by atoms with Gasteiger partial charge in [0.2, 0.25) is 5.89 Å². The summed E-state index contributed by atoms with van der Waals surface area (Å²) in [4.78, 5) is 18.9. The zero-order valence-corrected chi connectivity index (χ0v) is 13.5. The van der Waals surface area contributed by atoms with Crippen LogP contribution >= 0.6 is 0 Å². The minimum Gasteiger partial charge on any atom is -0.340 e. The van der Waals surface area contributed by atoms with Crippen molar-refractivity contribution in [2.45, 2.75) is 51.6 Å². The molecule has 0 aliphatic carbocycles. The SMILES string of the molecule is CC[C@H](NC(=O)N1CCCC[C@@H]1c1cn[nH]c1)c1noc(C)n1. The molecule has 2 amide bonds. The van der Waals surface area contributed by atoms with Crippen molar-refractivity contribution in [1.29, 1.82) is 0 Å². The normalized spacial score (nSPS) is 19.6. The van der Waals surface area contributed by atoms with Crippen LogP contribution in [0.2, 0.25) is 0 Å². The fraction of sp³-hybridized carbons (Fsp3) is 0.600. The Morgan fingerprint density at radius 1 is 1.57 bits per heavy atom. The number of likely N-dealkylation sites (tertiary alicyclic amines) is 1. The van der Waals surface area contributed by atoms with E-state index in [2.05, 4.69) is 25.7 Å². The average molecular weight is 318 g/mol. The van der Waals surface area contributed by atoms with Crippen LogP contribution in [0, 0.1) is 6.92 Å². The van der Waals surface area contributed by atoms with Gasteiger partial charge in [0.25, 0.3) is 0 Å². The lowest BCUT2D eigenvalue weighted by molar-refractivity contribution is 0.147. The van der Waals surface area contributed by atoms with Gasteiger partial charge in [-0.05, 0) is 25.7 Å². The van der Waals surface area contributed by atoms with E-state index in [0.29, 0.717) is 18.1 Å². The number of urea groups is 1. The van der Waals surface area contributed by atoms with Crippen molar-refractivity contribution in [1.82, 2.24) is 30.6 Å². The first-order chi connectivity index (χ1) is 11.2. The molecule has 23 heavy (non-hydrogen) atoms. The topological polar surface area (TPSA) is 99.9 Å². The first-order valence-electron chi connectivity index (χ1n) is 8.05. The van der Waals surface area contributed by atoms with Gasteiger partial charge >= 0.3 is 6.03 Å². The molecule has 0 unspecified atom stereocenters. The standard InChI is InChI=1S/C15H22N6O2/c1-3-12(14-18-10(2)23-20-14)19-15(22)21-7-5-4-6-13(21)11-8-16-17-9-11/h8-9,12-13H,3-7H2,1-2H3,(H,16,17)(H,19,22)/t12-,13+/m0/s1. The number of nitrogens with one attached hydrogen (secondary N) is 2. The summed E-state index contributed by atoms with van der Waals surface area (Å²) < 4.78 is 5.02. The second-order valence-electron chi connectivity index (χ2n) is 5.82. The number of nitrogens with zero attached hydrogens (tertiary/aromatic N) is 4. The number of hydrogen-bond donors (Lipinski definition) is 2. The fourth-order valence-electron chi connectivity index (χ4n) is 3.00. The van der Waals surface area contributed by atoms with E-state index in [1.165, 1.54) is 0 Å². The molecule has 1 fully saturated rings. The van der Waals surface area contributed by atoms with Gasteiger partial charge in [0.05, 0.1) is 18.3 Å². The maximum absolute atomic E-state index is 12.8. The number of carbonyl (C=O) groups is 1. The second kappa shape index (κ2) is 6.80. The first-order valence-corrected chi connectivity index (χ1v) is 8.05. The molecule has 2 atom stereocenters. The van der Waals surface area contributed by atoms with Gasteiger partial charge < -0.3 is 14.7 Å². The molecule has 3 rings (SSSR count). The smallest absolute Gasteiger partial charge is 0.318 e. The monoisotopic (exact) mass is 318 g/mol. The van der Waals surface area contributed by atoms with Crippen molar-refractivity contribution in [2.24, 2.45) is 0 Å². The maximum atomic E-state index is 12.8. The highest BCUT2D eigenvalue weighted by molar-refractivity contribution is 5.75. The van der Waals surface area contributed by atoms with Crippen molar-refractivity contribution in [2.75, 3.05) is 6.54 Å². The molecule has 0 saturated carbocycles. The third kappa shape index (κ3) is 3.35. The van der Waals surface area contributed by atoms with Crippen molar-refractivity contribution >= 4 is 6.03 Å². The minimum absolute atomic E-state index is 0.0620. The Labute approximate surface area is 134 Å². The Morgan fingerprint density at radius 3 is 3.09 bits per heavy atom. The number of aromatic nitrogens is 4. The number of piperidine rings is 1. The molecule has 0 aromatic carbocycles. The zero-order valence-electron chi connectivity index (χ0n) is 13.5. The number of amides is 2. The van der Waals surface area contributed by atoms with Crippen LogP contribution in [0.1, 0.15) is 62.0 Å². The Balaban J connectivity index is 1.72. The molecule has 3 heterocycles. The molecule has 1 aliphatic heterocycles. The molecule has 2 N–H and O–H groups in total. The number of hydrogen-bond acceptors (Lipinski definition) is 5. The molecule has 8 nitrogen and oxygen atoms in total. The molecule has 8 heteroatoms. The maximum Gasteiger partial charge on any atom is 0.318 e. The van der Waals surface area contributed by atoms with E-state index < -0.39 is 0 Å². The summed E-state index contributed by atoms with van der Waals surface area (Å²) >= 11 is 0. The second-order valence-corrected chi connectivity index (χ2v) is 5.82. The largest absolute Gasteiger partial charge is 0.340 e. The molecule has 124 valence electrons. The van der Waals surface area contributed by atoms with Gasteiger partial charge in [-0.15, -0.1) is 0 Å². The Bertz CT molecular complexity index is 638. The van der Waals surface area contributed by atoms with Crippen LogP contribution in [0.15, 0.2) is 16.9 Å². The Kier molecular flexibility index (Phi) is 4.59. The fourth-order valence-corrected chi connectivity index (χ4v) is 3.00. The Hall–Kier alpha value is -2.38. The van der Waals surface area contributed by atoms with Crippen molar-refractivity contribution in [3.8, 4) is 0 Å². The predicted molar refractivity (Wildman–Crippen MR) is 82.5 cm³/mol. The summed E-state index contributed by atoms with van der Waals surface area (Å²) in [5, 5.41) is 13.8. The third-order valence-electron chi connectivity index (χ3n) is 4.23. The van der Waals surface area contributed by atoms with E-state index in [-0.39, 0.29) is 18.1 Å². The lowest BCUT2D eigenvalue weighted by atomic mass is 9.98. The molecule has 1 saturated heterocycles. The van der Waals surface area contributed by atoms with Crippen LogP contribution in [0.5, 0.6) is 0 Å². The number of carbonyl (C=O) groups excluding carboxylic acids is 1. The first kappa shape index (κ1) is 15.5. The van der Waals surface area contributed by atoms with Crippen molar-refractivity contribution < 1.29 is 9.32 Å². The highest BCUT2D eigenvalue weighted by Crippen LogP contribution is 2.30. The molecular formula is C15H22N6O2. The molecular weight excluding hydrogens is 296 g/mol. The van der Waals surface area contributed by atoms with Gasteiger partial charge in [-0.3, -0.25) is 5.10 Å². The van der Waals surface area contributed by atoms with Gasteiger partial charge in [0.15, 0.2) is 5.82 Å². The number of H-pyrrole nitrogens is 1. The van der Waals surface area contributed by atoms with Gasteiger partial charge in [-0.25, -0.2) is 4.79 Å². The molecule has 1 aliphatic rings. The van der Waals surface area contributed by atoms with E-state index in [1.807, 2.05) is 18.0 Å². The molecule has 2 aromatic heterocycles. The van der Waals surface area contributed by atoms with E-state index in [1.54, 1.807) is 13.1 Å². The lowest BCUT2D eigenvalue weighted by Crippen LogP contribution is -2.45. The van der Waals surface area contributed by atoms with Gasteiger partial charge in [0.1, 0.15) is 0 Å². The van der Waals surface area contributed by atoms with Crippen LogP contribution in [0.3, 0.4) is 0 Å². The van der Waals surface area contributed by atoms with Crippen LogP contribution in [0.4, 0.5) is 4.79 Å². The summed E-state index contributed by atoms with van der Waals surface area (Å²) in [6.45, 7) is 4.47. The van der Waals surface area contributed by atoms with E-state index in [4.69, 9.17) is 4.52 Å². The van der Waals surface area contributed by atoms with Crippen LogP contribution in [-0.2, 0) is 0 Å². The van der Waals surface area contributed by atoms with Crippen LogP contribution in [-0.4, -0.2) is 37.8 Å². The molecule has 0 spiro atoms. The quantitative estimate of drug-likeness (QED) is 0.902. The van der Waals surface area contributed by atoms with Crippen molar-refractivity contribution in [3.05, 3.63) is 29.7 Å². The average Bonchev–Trinajstić information content (AvgIpc) is 3.24. The van der Waals surface area contributed by atoms with Gasteiger partial charge in [-0.1, -0.05) is 12.1 Å². The summed E-state index contributed by atoms with van der Waals surface area (Å²) in [5.74, 6) is 1.03. The highest BCUT2D eigenvalue weighted by Gasteiger charge is 2.30. The zero-order chi connectivity index (χ0) is 16.2. The van der Waals surface area contributed by atoms with E-state index in [0.717, 1.165) is 31.4 Å². The summed E-state index contributed by atoms with van der Waals surface area (Å²) in [6.07, 6.45) is 7.42. The van der Waals surface area contributed by atoms with E-state index in [9.17, 15) is 4.79 Å². The van der Waals surface area contributed by atoms with E-state index >= 15 is 0 Å². The van der Waals surface area contributed by atoms with Crippen molar-refractivity contribution in [3.63, 3.8) is 0 Å². The number of aryl methyl sites for hydroxylation is 1. The summed E-state index contributed by atoms with van der Waals surface area (Å²) in [5.41, 5.74) is 1.04. The Morgan fingerprint density at radius 2 is 2.43 bits per heavy atom. The number of aromatic amines is 1. The number of rotatable bonds is 4. The third-order valence-corrected chi connectivity index (χ3v) is 4.23. The lowest BCUT2D eigenvalue weighted by Gasteiger charge is -2.36. The minimum atomic E-state index is -0.244. The van der Waals surface area contributed by atoms with Gasteiger partial charge in [-0.2, -0.15) is 10.1 Å². The van der Waals surface area contributed by atoms with Gasteiger partial charge in [0, 0.05) is 25.2 Å². The highest BCUT2D eigenvalue weighted by atomic mass is 16.5.